The van der Waals surface area contributed by atoms with E-state index < -0.39 is 10.0 Å². The minimum Gasteiger partial charge on any atom is -0.310 e. The standard InChI is InChI=1S/C24H37N5O3S/c1-23(2,3)18-8-10-19(11-9-18)33(31,32)29-14-12-28(13-15-29)17-22(30)25-21-16-20(24(4,5)6)26-27(21)7/h8-11,16H,12-15,17H2,1-7H3,(H,25,30). The summed E-state index contributed by atoms with van der Waals surface area (Å²) in [5.41, 5.74) is 1.88. The van der Waals surface area contributed by atoms with Crippen LogP contribution in [-0.2, 0) is 32.7 Å². The number of hydrogen-bond acceptors (Lipinski definition) is 5. The lowest BCUT2D eigenvalue weighted by Crippen LogP contribution is -2.50. The highest BCUT2D eigenvalue weighted by Crippen LogP contribution is 2.25. The molecule has 182 valence electrons. The third-order valence-corrected chi connectivity index (χ3v) is 7.89. The predicted molar refractivity (Wildman–Crippen MR) is 131 cm³/mol. The van der Waals surface area contributed by atoms with Crippen molar-refractivity contribution < 1.29 is 13.2 Å². The average Bonchev–Trinajstić information content (AvgIpc) is 3.08. The predicted octanol–water partition coefficient (Wildman–Crippen LogP) is 2.96. The fourth-order valence-electron chi connectivity index (χ4n) is 3.74. The lowest BCUT2D eigenvalue weighted by atomic mass is 9.87. The van der Waals surface area contributed by atoms with Gasteiger partial charge in [0, 0.05) is 44.7 Å². The molecule has 0 radical (unpaired) electrons. The van der Waals surface area contributed by atoms with Gasteiger partial charge in [-0.2, -0.15) is 9.40 Å². The van der Waals surface area contributed by atoms with Gasteiger partial charge >= 0.3 is 0 Å². The van der Waals surface area contributed by atoms with Crippen LogP contribution in [0.2, 0.25) is 0 Å². The quantitative estimate of drug-likeness (QED) is 0.718. The zero-order valence-corrected chi connectivity index (χ0v) is 21.7. The number of piperazine rings is 1. The zero-order chi connectivity index (χ0) is 24.6. The molecule has 0 saturated carbocycles. The molecule has 0 unspecified atom stereocenters. The van der Waals surface area contributed by atoms with E-state index in [1.165, 1.54) is 4.31 Å². The van der Waals surface area contributed by atoms with Gasteiger partial charge in [0.05, 0.1) is 17.1 Å². The van der Waals surface area contributed by atoms with Crippen LogP contribution in [0.5, 0.6) is 0 Å². The summed E-state index contributed by atoms with van der Waals surface area (Å²) in [4.78, 5) is 14.9. The van der Waals surface area contributed by atoms with Crippen molar-refractivity contribution in [2.75, 3.05) is 38.0 Å². The fourth-order valence-corrected chi connectivity index (χ4v) is 5.16. The summed E-state index contributed by atoms with van der Waals surface area (Å²) in [5, 5.41) is 7.40. The highest BCUT2D eigenvalue weighted by molar-refractivity contribution is 7.89. The van der Waals surface area contributed by atoms with E-state index in [0.717, 1.165) is 11.3 Å². The topological polar surface area (TPSA) is 87.5 Å². The van der Waals surface area contributed by atoms with E-state index in [-0.39, 0.29) is 23.3 Å². The SMILES string of the molecule is Cn1nc(C(C)(C)C)cc1NC(=O)CN1CCN(S(=O)(=O)c2ccc(C(C)(C)C)cc2)CC1. The number of rotatable bonds is 5. The van der Waals surface area contributed by atoms with Crippen molar-refractivity contribution in [1.29, 1.82) is 0 Å². The number of nitrogens with one attached hydrogen (secondary N) is 1. The first-order chi connectivity index (χ1) is 15.2. The number of aromatic nitrogens is 2. The number of benzene rings is 1. The van der Waals surface area contributed by atoms with E-state index in [1.807, 2.05) is 30.1 Å². The Morgan fingerprint density at radius 2 is 1.55 bits per heavy atom. The molecule has 0 aliphatic carbocycles. The van der Waals surface area contributed by atoms with Gasteiger partial charge in [-0.05, 0) is 23.1 Å². The number of sulfonamides is 1. The van der Waals surface area contributed by atoms with E-state index in [4.69, 9.17) is 0 Å². The Morgan fingerprint density at radius 1 is 0.970 bits per heavy atom. The van der Waals surface area contributed by atoms with Gasteiger partial charge in [0.1, 0.15) is 5.82 Å². The number of aryl methyl sites for hydroxylation is 1. The van der Waals surface area contributed by atoms with Crippen LogP contribution in [0.1, 0.15) is 52.8 Å². The van der Waals surface area contributed by atoms with Crippen molar-refractivity contribution in [3.05, 3.63) is 41.6 Å². The number of carbonyl (C=O) groups is 1. The average molecular weight is 476 g/mol. The third-order valence-electron chi connectivity index (χ3n) is 5.97. The molecule has 1 N–H and O–H groups in total. The Labute approximate surface area is 198 Å². The van der Waals surface area contributed by atoms with Gasteiger partial charge in [0.25, 0.3) is 0 Å². The van der Waals surface area contributed by atoms with Gasteiger partial charge in [0.15, 0.2) is 0 Å². The first kappa shape index (κ1) is 25.4. The van der Waals surface area contributed by atoms with Crippen LogP contribution in [0.3, 0.4) is 0 Å². The Morgan fingerprint density at radius 3 is 2.03 bits per heavy atom. The largest absolute Gasteiger partial charge is 0.310 e. The van der Waals surface area contributed by atoms with Crippen LogP contribution in [0.15, 0.2) is 35.2 Å². The molecule has 1 saturated heterocycles. The summed E-state index contributed by atoms with van der Waals surface area (Å²) < 4.78 is 29.3. The molecule has 8 nitrogen and oxygen atoms in total. The smallest absolute Gasteiger partial charge is 0.243 e. The molecule has 33 heavy (non-hydrogen) atoms. The molecule has 2 aromatic rings. The number of anilines is 1. The summed E-state index contributed by atoms with van der Waals surface area (Å²) in [6.07, 6.45) is 0. The van der Waals surface area contributed by atoms with E-state index in [2.05, 4.69) is 52.0 Å². The summed E-state index contributed by atoms with van der Waals surface area (Å²) in [6.45, 7) is 14.5. The molecule has 1 aliphatic rings. The fraction of sp³-hybridized carbons (Fsp3) is 0.583. The number of carbonyl (C=O) groups excluding carboxylic acids is 1. The molecule has 1 aromatic heterocycles. The number of hydrogen-bond donors (Lipinski definition) is 1. The molecule has 3 rings (SSSR count). The van der Waals surface area contributed by atoms with Gasteiger partial charge in [-0.3, -0.25) is 14.4 Å². The van der Waals surface area contributed by atoms with Crippen LogP contribution >= 0.6 is 0 Å². The molecule has 0 spiro atoms. The first-order valence-electron chi connectivity index (χ1n) is 11.4. The molecule has 0 atom stereocenters. The van der Waals surface area contributed by atoms with Crippen LogP contribution in [0.4, 0.5) is 5.82 Å². The maximum Gasteiger partial charge on any atom is 0.243 e. The first-order valence-corrected chi connectivity index (χ1v) is 12.8. The lowest BCUT2D eigenvalue weighted by Gasteiger charge is -2.33. The molecular weight excluding hydrogens is 438 g/mol. The maximum atomic E-state index is 13.1. The van der Waals surface area contributed by atoms with Crippen molar-refractivity contribution in [3.8, 4) is 0 Å². The van der Waals surface area contributed by atoms with Gasteiger partial charge in [-0.1, -0.05) is 53.7 Å². The van der Waals surface area contributed by atoms with Gasteiger partial charge in [-0.15, -0.1) is 0 Å². The molecule has 1 aromatic carbocycles. The minimum absolute atomic E-state index is 0.0295. The normalized spacial score (nSPS) is 16.7. The van der Waals surface area contributed by atoms with Crippen LogP contribution < -0.4 is 5.32 Å². The highest BCUT2D eigenvalue weighted by atomic mass is 32.2. The minimum atomic E-state index is -3.55. The number of amides is 1. The molecule has 9 heteroatoms. The second kappa shape index (κ2) is 9.19. The molecule has 1 aliphatic heterocycles. The van der Waals surface area contributed by atoms with E-state index in [1.54, 1.807) is 16.8 Å². The molecular formula is C24H37N5O3S. The highest BCUT2D eigenvalue weighted by Gasteiger charge is 2.29. The number of nitrogens with zero attached hydrogens (tertiary/aromatic N) is 4. The molecule has 2 heterocycles. The summed E-state index contributed by atoms with van der Waals surface area (Å²) in [6, 6.07) is 9.05. The van der Waals surface area contributed by atoms with Crippen molar-refractivity contribution in [1.82, 2.24) is 19.0 Å². The monoisotopic (exact) mass is 475 g/mol. The second-order valence-corrected chi connectivity index (χ2v) is 12.7. The summed E-state index contributed by atoms with van der Waals surface area (Å²) in [5.74, 6) is 0.525. The van der Waals surface area contributed by atoms with Crippen molar-refractivity contribution >= 4 is 21.7 Å². The van der Waals surface area contributed by atoms with E-state index in [9.17, 15) is 13.2 Å². The van der Waals surface area contributed by atoms with Gasteiger partial charge in [0.2, 0.25) is 15.9 Å². The van der Waals surface area contributed by atoms with Crippen molar-refractivity contribution in [2.45, 2.75) is 57.3 Å². The Balaban J connectivity index is 1.56. The van der Waals surface area contributed by atoms with E-state index in [0.29, 0.717) is 36.9 Å². The Kier molecular flexibility index (Phi) is 7.07. The zero-order valence-electron chi connectivity index (χ0n) is 20.8. The van der Waals surface area contributed by atoms with Crippen LogP contribution in [0, 0.1) is 0 Å². The van der Waals surface area contributed by atoms with Gasteiger partial charge < -0.3 is 5.32 Å². The lowest BCUT2D eigenvalue weighted by molar-refractivity contribution is -0.117. The molecule has 1 fully saturated rings. The summed E-state index contributed by atoms with van der Waals surface area (Å²) >= 11 is 0. The van der Waals surface area contributed by atoms with Gasteiger partial charge in [-0.25, -0.2) is 8.42 Å². The van der Waals surface area contributed by atoms with E-state index >= 15 is 0 Å². The maximum absolute atomic E-state index is 13.1. The molecule has 1 amide bonds. The van der Waals surface area contributed by atoms with Crippen LogP contribution in [0.25, 0.3) is 0 Å². The second-order valence-electron chi connectivity index (χ2n) is 10.8. The van der Waals surface area contributed by atoms with Crippen molar-refractivity contribution in [3.63, 3.8) is 0 Å². The molecule has 0 bridgehead atoms. The Hall–Kier alpha value is -2.23. The third kappa shape index (κ3) is 6.02. The Bertz CT molecular complexity index is 1080. The van der Waals surface area contributed by atoms with Crippen molar-refractivity contribution in [2.24, 2.45) is 7.05 Å². The van der Waals surface area contributed by atoms with Crippen LogP contribution in [-0.4, -0.2) is 66.0 Å². The summed E-state index contributed by atoms with van der Waals surface area (Å²) in [7, 11) is -1.74.